The first kappa shape index (κ1) is 18.5. The molecule has 150 valence electrons. The van der Waals surface area contributed by atoms with Crippen LogP contribution in [0.25, 0.3) is 0 Å². The quantitative estimate of drug-likeness (QED) is 0.596. The van der Waals surface area contributed by atoms with Gasteiger partial charge in [-0.2, -0.15) is 0 Å². The third kappa shape index (κ3) is 2.85. The second-order valence-electron chi connectivity index (χ2n) is 6.74. The van der Waals surface area contributed by atoms with E-state index in [4.69, 9.17) is 34.3 Å². The lowest BCUT2D eigenvalue weighted by Gasteiger charge is -2.38. The van der Waals surface area contributed by atoms with Crippen molar-refractivity contribution in [2.75, 3.05) is 28.1 Å². The number of rotatable bonds is 5. The second-order valence-corrected chi connectivity index (χ2v) is 6.74. The zero-order valence-corrected chi connectivity index (χ0v) is 16.3. The van der Waals surface area contributed by atoms with E-state index in [1.807, 2.05) is 24.3 Å². The summed E-state index contributed by atoms with van der Waals surface area (Å²) in [6.45, 7) is 2.27. The maximum atomic E-state index is 6.07. The summed E-state index contributed by atoms with van der Waals surface area (Å²) in [6, 6.07) is 7.72. The van der Waals surface area contributed by atoms with Crippen LogP contribution in [0.5, 0.6) is 34.5 Å². The van der Waals surface area contributed by atoms with Gasteiger partial charge in [0, 0.05) is 23.5 Å². The average molecular weight is 388 g/mol. The van der Waals surface area contributed by atoms with Gasteiger partial charge in [-0.3, -0.25) is 5.84 Å². The van der Waals surface area contributed by atoms with Gasteiger partial charge in [0.1, 0.15) is 5.75 Å². The molecule has 2 aliphatic rings. The third-order valence-corrected chi connectivity index (χ3v) is 5.31. The van der Waals surface area contributed by atoms with E-state index in [9.17, 15) is 0 Å². The van der Waals surface area contributed by atoms with E-state index in [1.54, 1.807) is 21.3 Å². The number of ether oxygens (including phenoxy) is 6. The standard InChI is InChI=1S/C20H24N2O6/c1-10-18(11-5-16(23-2)19(25-4)17(6-11)24-3)12-7-14-15(27-9-26-14)8-13(12)28-20(10)22-21/h5-8,10,18,20,22H,9,21H2,1-4H3. The van der Waals surface area contributed by atoms with E-state index < -0.39 is 0 Å². The molecule has 4 rings (SSSR count). The van der Waals surface area contributed by atoms with Gasteiger partial charge in [0.25, 0.3) is 0 Å². The van der Waals surface area contributed by atoms with E-state index in [2.05, 4.69) is 12.3 Å². The summed E-state index contributed by atoms with van der Waals surface area (Å²) in [5.41, 5.74) is 4.74. The predicted octanol–water partition coefficient (Wildman–Crippen LogP) is 2.39. The number of hydrazine groups is 1. The van der Waals surface area contributed by atoms with Crippen LogP contribution in [0, 0.1) is 5.92 Å². The van der Waals surface area contributed by atoms with Crippen LogP contribution in [-0.2, 0) is 0 Å². The minimum Gasteiger partial charge on any atom is -0.493 e. The average Bonchev–Trinajstić information content (AvgIpc) is 3.18. The molecule has 2 aromatic carbocycles. The summed E-state index contributed by atoms with van der Waals surface area (Å²) >= 11 is 0. The Hall–Kier alpha value is -2.84. The predicted molar refractivity (Wildman–Crippen MR) is 101 cm³/mol. The summed E-state index contributed by atoms with van der Waals surface area (Å²) in [6.07, 6.45) is -0.378. The summed E-state index contributed by atoms with van der Waals surface area (Å²) < 4.78 is 33.7. The fourth-order valence-electron chi connectivity index (χ4n) is 3.94. The lowest BCUT2D eigenvalue weighted by molar-refractivity contribution is 0.0795. The highest BCUT2D eigenvalue weighted by atomic mass is 16.7. The van der Waals surface area contributed by atoms with E-state index >= 15 is 0 Å². The van der Waals surface area contributed by atoms with Crippen molar-refractivity contribution in [3.8, 4) is 34.5 Å². The van der Waals surface area contributed by atoms with Crippen molar-refractivity contribution in [3.63, 3.8) is 0 Å². The summed E-state index contributed by atoms with van der Waals surface area (Å²) in [7, 11) is 4.79. The van der Waals surface area contributed by atoms with Gasteiger partial charge >= 0.3 is 0 Å². The molecule has 0 aliphatic carbocycles. The van der Waals surface area contributed by atoms with Gasteiger partial charge in [-0.1, -0.05) is 6.92 Å². The van der Waals surface area contributed by atoms with Crippen LogP contribution in [0.4, 0.5) is 0 Å². The molecule has 3 atom stereocenters. The van der Waals surface area contributed by atoms with Crippen molar-refractivity contribution in [1.82, 2.24) is 5.43 Å². The van der Waals surface area contributed by atoms with Crippen LogP contribution in [-0.4, -0.2) is 34.4 Å². The van der Waals surface area contributed by atoms with Crippen molar-refractivity contribution in [2.24, 2.45) is 11.8 Å². The minimum atomic E-state index is -0.378. The molecule has 2 heterocycles. The minimum absolute atomic E-state index is 0.0145. The number of fused-ring (bicyclic) bond motifs is 2. The van der Waals surface area contributed by atoms with Crippen LogP contribution in [0.15, 0.2) is 24.3 Å². The number of hydrogen-bond acceptors (Lipinski definition) is 8. The number of nitrogens with one attached hydrogen (secondary N) is 1. The molecule has 28 heavy (non-hydrogen) atoms. The van der Waals surface area contributed by atoms with Crippen LogP contribution in [0.1, 0.15) is 24.0 Å². The first-order chi connectivity index (χ1) is 13.6. The first-order valence-electron chi connectivity index (χ1n) is 8.97. The lowest BCUT2D eigenvalue weighted by Crippen LogP contribution is -2.48. The Kier molecular flexibility index (Phi) is 4.82. The van der Waals surface area contributed by atoms with E-state index in [0.717, 1.165) is 11.1 Å². The molecular weight excluding hydrogens is 364 g/mol. The van der Waals surface area contributed by atoms with Crippen LogP contribution in [0.2, 0.25) is 0 Å². The van der Waals surface area contributed by atoms with Gasteiger partial charge in [0.2, 0.25) is 12.5 Å². The zero-order valence-electron chi connectivity index (χ0n) is 16.3. The molecule has 2 aliphatic heterocycles. The maximum absolute atomic E-state index is 6.07. The Morgan fingerprint density at radius 1 is 0.929 bits per heavy atom. The van der Waals surface area contributed by atoms with Gasteiger partial charge in [-0.15, -0.1) is 0 Å². The summed E-state index contributed by atoms with van der Waals surface area (Å²) in [5.74, 6) is 9.52. The largest absolute Gasteiger partial charge is 0.493 e. The van der Waals surface area contributed by atoms with Crippen LogP contribution in [0.3, 0.4) is 0 Å². The van der Waals surface area contributed by atoms with Crippen molar-refractivity contribution in [2.45, 2.75) is 19.1 Å². The molecule has 0 spiro atoms. The van der Waals surface area contributed by atoms with Crippen LogP contribution >= 0.6 is 0 Å². The highest BCUT2D eigenvalue weighted by Crippen LogP contribution is 2.51. The molecule has 0 radical (unpaired) electrons. The van der Waals surface area contributed by atoms with Gasteiger partial charge < -0.3 is 28.4 Å². The van der Waals surface area contributed by atoms with E-state index in [1.165, 1.54) is 0 Å². The summed E-state index contributed by atoms with van der Waals surface area (Å²) in [5, 5.41) is 0. The molecule has 0 amide bonds. The highest BCUT2D eigenvalue weighted by Gasteiger charge is 2.38. The smallest absolute Gasteiger partial charge is 0.231 e. The number of nitrogens with two attached hydrogens (primary N) is 1. The molecule has 8 nitrogen and oxygen atoms in total. The molecule has 8 heteroatoms. The Balaban J connectivity index is 1.89. The Morgan fingerprint density at radius 2 is 1.57 bits per heavy atom. The van der Waals surface area contributed by atoms with Crippen LogP contribution < -0.4 is 39.7 Å². The van der Waals surface area contributed by atoms with Crippen molar-refractivity contribution >= 4 is 0 Å². The third-order valence-electron chi connectivity index (χ3n) is 5.31. The zero-order chi connectivity index (χ0) is 19.8. The fourth-order valence-corrected chi connectivity index (χ4v) is 3.94. The van der Waals surface area contributed by atoms with Crippen molar-refractivity contribution < 1.29 is 28.4 Å². The molecule has 3 unspecified atom stereocenters. The monoisotopic (exact) mass is 388 g/mol. The number of hydrogen-bond donors (Lipinski definition) is 2. The Labute approximate surface area is 163 Å². The van der Waals surface area contributed by atoms with E-state index in [0.29, 0.717) is 34.5 Å². The Morgan fingerprint density at radius 3 is 2.14 bits per heavy atom. The molecule has 0 aromatic heterocycles. The molecule has 3 N–H and O–H groups in total. The normalized spacial score (nSPS) is 22.2. The lowest BCUT2D eigenvalue weighted by atomic mass is 9.78. The highest BCUT2D eigenvalue weighted by molar-refractivity contribution is 5.60. The van der Waals surface area contributed by atoms with Crippen molar-refractivity contribution in [1.29, 1.82) is 0 Å². The molecular formula is C20H24N2O6. The Bertz CT molecular complexity index is 862. The molecule has 2 aromatic rings. The maximum Gasteiger partial charge on any atom is 0.231 e. The molecule has 0 bridgehead atoms. The molecule has 0 saturated heterocycles. The summed E-state index contributed by atoms with van der Waals surface area (Å²) in [4.78, 5) is 0. The van der Waals surface area contributed by atoms with Gasteiger partial charge in [-0.05, 0) is 23.8 Å². The van der Waals surface area contributed by atoms with Gasteiger partial charge in [-0.25, -0.2) is 5.43 Å². The van der Waals surface area contributed by atoms with Gasteiger partial charge in [0.05, 0.1) is 21.3 Å². The van der Waals surface area contributed by atoms with E-state index in [-0.39, 0.29) is 24.9 Å². The number of benzene rings is 2. The fraction of sp³-hybridized carbons (Fsp3) is 0.400. The molecule has 0 fully saturated rings. The molecule has 0 saturated carbocycles. The topological polar surface area (TPSA) is 93.4 Å². The number of methoxy groups -OCH3 is 3. The van der Waals surface area contributed by atoms with Gasteiger partial charge in [0.15, 0.2) is 29.2 Å². The first-order valence-corrected chi connectivity index (χ1v) is 8.97. The van der Waals surface area contributed by atoms with Crippen molar-refractivity contribution in [3.05, 3.63) is 35.4 Å². The second kappa shape index (κ2) is 7.29. The SMILES string of the molecule is COc1cc(C2c3cc4c(cc3OC(NN)C2C)OCO4)cc(OC)c1OC.